The molecule has 3 rings (SSSR count). The topological polar surface area (TPSA) is 79.1 Å². The van der Waals surface area contributed by atoms with Gasteiger partial charge in [-0.2, -0.15) is 4.98 Å². The van der Waals surface area contributed by atoms with Gasteiger partial charge < -0.3 is 23.5 Å². The Kier molecular flexibility index (Phi) is 8.54. The number of nitrogens with zero attached hydrogens (tertiary/aromatic N) is 3. The Bertz CT molecular complexity index is 816. The van der Waals surface area contributed by atoms with Crippen LogP contribution in [0.25, 0.3) is 0 Å². The third kappa shape index (κ3) is 6.58. The lowest BCUT2D eigenvalue weighted by Gasteiger charge is -2.32. The van der Waals surface area contributed by atoms with Gasteiger partial charge in [0.25, 0.3) is 0 Å². The van der Waals surface area contributed by atoms with Crippen molar-refractivity contribution in [1.82, 2.24) is 15.0 Å². The van der Waals surface area contributed by atoms with Crippen LogP contribution in [0.3, 0.4) is 0 Å². The average Bonchev–Trinajstić information content (AvgIpc) is 3.21. The van der Waals surface area contributed by atoms with Gasteiger partial charge in [0, 0.05) is 44.1 Å². The van der Waals surface area contributed by atoms with Gasteiger partial charge in [0.1, 0.15) is 5.75 Å². The lowest BCUT2D eigenvalue weighted by Crippen LogP contribution is -2.36. The van der Waals surface area contributed by atoms with Crippen LogP contribution in [0.4, 0.5) is 0 Å². The molecule has 2 heterocycles. The van der Waals surface area contributed by atoms with Crippen LogP contribution in [0, 0.1) is 5.92 Å². The maximum atomic E-state index is 6.08. The molecule has 172 valence electrons. The van der Waals surface area contributed by atoms with Crippen LogP contribution in [-0.2, 0) is 24.1 Å². The van der Waals surface area contributed by atoms with E-state index in [0.29, 0.717) is 30.6 Å². The highest BCUT2D eigenvalue weighted by Crippen LogP contribution is 2.35. The van der Waals surface area contributed by atoms with Gasteiger partial charge in [-0.15, -0.1) is 0 Å². The van der Waals surface area contributed by atoms with E-state index < -0.39 is 0 Å². The molecule has 1 aromatic carbocycles. The van der Waals surface area contributed by atoms with E-state index in [9.17, 15) is 0 Å². The summed E-state index contributed by atoms with van der Waals surface area (Å²) in [6.45, 7) is 7.65. The van der Waals surface area contributed by atoms with Crippen molar-refractivity contribution < 1.29 is 23.5 Å². The van der Waals surface area contributed by atoms with Crippen molar-refractivity contribution in [2.24, 2.45) is 5.92 Å². The highest BCUT2D eigenvalue weighted by atomic mass is 16.5. The van der Waals surface area contributed by atoms with Gasteiger partial charge in [0.2, 0.25) is 5.89 Å². The van der Waals surface area contributed by atoms with E-state index >= 15 is 0 Å². The Hall–Kier alpha value is -2.32. The second-order valence-corrected chi connectivity index (χ2v) is 8.32. The van der Waals surface area contributed by atoms with Crippen LogP contribution in [-0.4, -0.2) is 62.2 Å². The van der Waals surface area contributed by atoms with Gasteiger partial charge in [0.15, 0.2) is 17.3 Å². The Morgan fingerprint density at radius 2 is 1.71 bits per heavy atom. The Morgan fingerprint density at radius 1 is 1.03 bits per heavy atom. The van der Waals surface area contributed by atoms with Crippen molar-refractivity contribution >= 4 is 0 Å². The molecule has 0 amide bonds. The first-order chi connectivity index (χ1) is 15.0. The monoisotopic (exact) mass is 433 g/mol. The van der Waals surface area contributed by atoms with Crippen molar-refractivity contribution in [2.45, 2.75) is 52.2 Å². The maximum Gasteiger partial charge on any atom is 0.226 e. The lowest BCUT2D eigenvalue weighted by molar-refractivity contribution is 0.00664. The number of hydrogen-bond acceptors (Lipinski definition) is 8. The minimum atomic E-state index is 0.269. The molecule has 1 aliphatic rings. The Balaban J connectivity index is 1.44. The van der Waals surface area contributed by atoms with E-state index in [4.69, 9.17) is 23.5 Å². The molecular weight excluding hydrogens is 398 g/mol. The first-order valence-electron chi connectivity index (χ1n) is 11.0. The van der Waals surface area contributed by atoms with Crippen LogP contribution in [0.1, 0.15) is 44.0 Å². The molecule has 8 heteroatoms. The van der Waals surface area contributed by atoms with Crippen molar-refractivity contribution in [3.63, 3.8) is 0 Å². The number of ether oxygens (including phenoxy) is 4. The minimum absolute atomic E-state index is 0.269. The number of benzene rings is 1. The van der Waals surface area contributed by atoms with Gasteiger partial charge in [-0.25, -0.2) is 0 Å². The van der Waals surface area contributed by atoms with Crippen LogP contribution < -0.4 is 14.2 Å². The van der Waals surface area contributed by atoms with Crippen LogP contribution in [0.15, 0.2) is 16.7 Å². The number of rotatable bonds is 11. The first kappa shape index (κ1) is 23.3. The van der Waals surface area contributed by atoms with E-state index in [1.807, 2.05) is 12.1 Å². The van der Waals surface area contributed by atoms with Gasteiger partial charge in [0.05, 0.1) is 34.0 Å². The molecule has 2 aromatic rings. The molecule has 1 saturated heterocycles. The van der Waals surface area contributed by atoms with Gasteiger partial charge in [-0.3, -0.25) is 4.90 Å². The van der Waals surface area contributed by atoms with Crippen LogP contribution in [0.5, 0.6) is 17.2 Å². The quantitative estimate of drug-likeness (QED) is 0.533. The van der Waals surface area contributed by atoms with E-state index in [1.54, 1.807) is 21.3 Å². The highest BCUT2D eigenvalue weighted by molar-refractivity contribution is 5.50. The zero-order valence-corrected chi connectivity index (χ0v) is 19.3. The molecule has 1 aliphatic heterocycles. The summed E-state index contributed by atoms with van der Waals surface area (Å²) in [5.41, 5.74) is 1.09. The minimum Gasteiger partial charge on any atom is -0.496 e. The highest BCUT2D eigenvalue weighted by Gasteiger charge is 2.22. The molecule has 0 aliphatic carbocycles. The maximum absolute atomic E-state index is 6.08. The molecule has 0 atom stereocenters. The fraction of sp³-hybridized carbons (Fsp3) is 0.652. The SMILES string of the molecule is COc1cc(OC)c(OC)cc1CN1CCC(OCCc2noc(CC(C)C)n2)CC1. The van der Waals surface area contributed by atoms with E-state index in [0.717, 1.165) is 61.8 Å². The fourth-order valence-corrected chi connectivity index (χ4v) is 3.83. The van der Waals surface area contributed by atoms with Crippen molar-refractivity contribution in [3.8, 4) is 17.2 Å². The predicted molar refractivity (Wildman–Crippen MR) is 117 cm³/mol. The summed E-state index contributed by atoms with van der Waals surface area (Å²) < 4.78 is 27.8. The molecule has 0 saturated carbocycles. The third-order valence-corrected chi connectivity index (χ3v) is 5.49. The van der Waals surface area contributed by atoms with E-state index in [1.165, 1.54) is 0 Å². The lowest BCUT2D eigenvalue weighted by atomic mass is 10.1. The second-order valence-electron chi connectivity index (χ2n) is 8.32. The van der Waals surface area contributed by atoms with Crippen molar-refractivity contribution in [3.05, 3.63) is 29.4 Å². The summed E-state index contributed by atoms with van der Waals surface area (Å²) in [4.78, 5) is 6.86. The average molecular weight is 434 g/mol. The number of methoxy groups -OCH3 is 3. The predicted octanol–water partition coefficient (Wildman–Crippen LogP) is 3.52. The molecule has 0 radical (unpaired) electrons. The summed E-state index contributed by atoms with van der Waals surface area (Å²) in [5, 5.41) is 4.05. The first-order valence-corrected chi connectivity index (χ1v) is 11.0. The number of piperidine rings is 1. The van der Waals surface area contributed by atoms with E-state index in [2.05, 4.69) is 28.9 Å². The largest absolute Gasteiger partial charge is 0.496 e. The molecule has 0 unspecified atom stereocenters. The summed E-state index contributed by atoms with van der Waals surface area (Å²) in [6.07, 6.45) is 3.77. The molecule has 1 aromatic heterocycles. The summed E-state index contributed by atoms with van der Waals surface area (Å²) in [5.74, 6) is 4.15. The Morgan fingerprint density at radius 3 is 2.35 bits per heavy atom. The third-order valence-electron chi connectivity index (χ3n) is 5.49. The number of hydrogen-bond donors (Lipinski definition) is 0. The van der Waals surface area contributed by atoms with Crippen molar-refractivity contribution in [2.75, 3.05) is 41.0 Å². The molecule has 8 nitrogen and oxygen atoms in total. The molecule has 1 fully saturated rings. The molecular formula is C23H35N3O5. The Labute approximate surface area is 184 Å². The van der Waals surface area contributed by atoms with Gasteiger partial charge in [-0.05, 0) is 24.8 Å². The second kappa shape index (κ2) is 11.3. The number of aromatic nitrogens is 2. The van der Waals surface area contributed by atoms with Gasteiger partial charge in [-0.1, -0.05) is 19.0 Å². The normalized spacial score (nSPS) is 15.4. The molecule has 0 N–H and O–H groups in total. The summed E-state index contributed by atoms with van der Waals surface area (Å²) >= 11 is 0. The molecule has 31 heavy (non-hydrogen) atoms. The zero-order chi connectivity index (χ0) is 22.2. The van der Waals surface area contributed by atoms with Gasteiger partial charge >= 0.3 is 0 Å². The van der Waals surface area contributed by atoms with Crippen molar-refractivity contribution in [1.29, 1.82) is 0 Å². The van der Waals surface area contributed by atoms with E-state index in [-0.39, 0.29) is 6.10 Å². The van der Waals surface area contributed by atoms with Crippen LogP contribution in [0.2, 0.25) is 0 Å². The smallest absolute Gasteiger partial charge is 0.226 e. The van der Waals surface area contributed by atoms with Crippen LogP contribution >= 0.6 is 0 Å². The standard InChI is InChI=1S/C23H35N3O5/c1-16(2)12-23-24-22(25-31-23)8-11-30-18-6-9-26(10-7-18)15-17-13-20(28-4)21(29-5)14-19(17)27-3/h13-14,16,18H,6-12,15H2,1-5H3. The molecule has 0 spiro atoms. The number of likely N-dealkylation sites (tertiary alicyclic amines) is 1. The zero-order valence-electron chi connectivity index (χ0n) is 19.3. The summed E-state index contributed by atoms with van der Waals surface area (Å²) in [6, 6.07) is 3.88. The fourth-order valence-electron chi connectivity index (χ4n) is 3.83. The summed E-state index contributed by atoms with van der Waals surface area (Å²) in [7, 11) is 4.96. The molecule has 0 bridgehead atoms.